The second-order valence-electron chi connectivity index (χ2n) is 8.53. The van der Waals surface area contributed by atoms with Gasteiger partial charge in [-0.1, -0.05) is 32.9 Å². The summed E-state index contributed by atoms with van der Waals surface area (Å²) < 4.78 is 16.8. The molecule has 29 heavy (non-hydrogen) atoms. The fraction of sp³-hybridized carbons (Fsp3) is 0.375. The maximum Gasteiger partial charge on any atom is 0.231 e. The quantitative estimate of drug-likeness (QED) is 0.788. The van der Waals surface area contributed by atoms with Crippen LogP contribution in [0.5, 0.6) is 17.2 Å². The lowest BCUT2D eigenvalue weighted by Crippen LogP contribution is -2.27. The van der Waals surface area contributed by atoms with Gasteiger partial charge in [0.05, 0.1) is 0 Å². The Bertz CT molecular complexity index is 954. The summed E-state index contributed by atoms with van der Waals surface area (Å²) in [5.41, 5.74) is 4.24. The third-order valence-corrected chi connectivity index (χ3v) is 5.32. The van der Waals surface area contributed by atoms with Crippen LogP contribution >= 0.6 is 0 Å². The van der Waals surface area contributed by atoms with Crippen LogP contribution in [0.25, 0.3) is 5.70 Å². The van der Waals surface area contributed by atoms with E-state index in [1.165, 1.54) is 5.56 Å². The van der Waals surface area contributed by atoms with Crippen molar-refractivity contribution in [2.75, 3.05) is 13.3 Å². The van der Waals surface area contributed by atoms with Crippen LogP contribution in [0.4, 0.5) is 0 Å². The first-order chi connectivity index (χ1) is 13.8. The van der Waals surface area contributed by atoms with Crippen LogP contribution < -0.4 is 19.5 Å². The molecule has 0 aliphatic carbocycles. The molecule has 2 heterocycles. The maximum absolute atomic E-state index is 12.8. The number of ether oxygens (including phenoxy) is 3. The SMILES string of the molecule is C[C@@H](Oc1ccc(C(C)(C)C)cc1)C(=O)/C=C1\NCCc2cc3c(cc21)OCO3. The summed E-state index contributed by atoms with van der Waals surface area (Å²) in [6.45, 7) is 9.30. The number of carbonyl (C=O) groups is 1. The Hall–Kier alpha value is -2.95. The average Bonchev–Trinajstić information content (AvgIpc) is 3.13. The van der Waals surface area contributed by atoms with Gasteiger partial charge in [-0.05, 0) is 54.2 Å². The summed E-state index contributed by atoms with van der Waals surface area (Å²) in [5, 5.41) is 3.33. The normalized spacial score (nSPS) is 17.4. The van der Waals surface area contributed by atoms with Crippen LogP contribution in [0.15, 0.2) is 42.5 Å². The van der Waals surface area contributed by atoms with Crippen molar-refractivity contribution in [2.24, 2.45) is 0 Å². The smallest absolute Gasteiger partial charge is 0.231 e. The summed E-state index contributed by atoms with van der Waals surface area (Å²) in [4.78, 5) is 12.8. The molecule has 5 nitrogen and oxygen atoms in total. The monoisotopic (exact) mass is 393 g/mol. The Morgan fingerprint density at radius 3 is 2.52 bits per heavy atom. The van der Waals surface area contributed by atoms with Crippen LogP contribution in [-0.2, 0) is 16.6 Å². The van der Waals surface area contributed by atoms with E-state index in [4.69, 9.17) is 14.2 Å². The Balaban J connectivity index is 1.50. The van der Waals surface area contributed by atoms with E-state index in [2.05, 4.69) is 26.1 Å². The van der Waals surface area contributed by atoms with Crippen LogP contribution in [0.1, 0.15) is 44.4 Å². The highest BCUT2D eigenvalue weighted by Crippen LogP contribution is 2.38. The lowest BCUT2D eigenvalue weighted by molar-refractivity contribution is -0.120. The van der Waals surface area contributed by atoms with Gasteiger partial charge in [-0.25, -0.2) is 0 Å². The molecule has 0 saturated carbocycles. The van der Waals surface area contributed by atoms with E-state index in [-0.39, 0.29) is 18.0 Å². The van der Waals surface area contributed by atoms with Crippen molar-refractivity contribution in [3.8, 4) is 17.2 Å². The predicted octanol–water partition coefficient (Wildman–Crippen LogP) is 4.24. The average molecular weight is 393 g/mol. The molecule has 0 aromatic heterocycles. The molecule has 0 spiro atoms. The molecule has 2 aliphatic rings. The molecule has 4 rings (SSSR count). The minimum Gasteiger partial charge on any atom is -0.483 e. The van der Waals surface area contributed by atoms with Crippen molar-refractivity contribution in [1.82, 2.24) is 5.32 Å². The van der Waals surface area contributed by atoms with Crippen molar-refractivity contribution >= 4 is 11.5 Å². The summed E-state index contributed by atoms with van der Waals surface area (Å²) in [7, 11) is 0. The van der Waals surface area contributed by atoms with Gasteiger partial charge in [0, 0.05) is 23.9 Å². The van der Waals surface area contributed by atoms with E-state index in [1.54, 1.807) is 13.0 Å². The van der Waals surface area contributed by atoms with E-state index in [1.807, 2.05) is 36.4 Å². The zero-order valence-corrected chi connectivity index (χ0v) is 17.4. The molecule has 2 aromatic rings. The molecule has 5 heteroatoms. The lowest BCUT2D eigenvalue weighted by Gasteiger charge is -2.22. The molecule has 0 unspecified atom stereocenters. The molecule has 0 radical (unpaired) electrons. The standard InChI is InChI=1S/C24H27NO4/c1-15(29-18-7-5-17(6-8-18)24(2,3)4)21(26)13-20-19-12-23-22(27-14-28-23)11-16(19)9-10-25-20/h5-8,11-13,15,25H,9-10,14H2,1-4H3/b20-13-/t15-/m1/s1. The second kappa shape index (κ2) is 7.47. The zero-order valence-electron chi connectivity index (χ0n) is 17.4. The van der Waals surface area contributed by atoms with Crippen LogP contribution in [-0.4, -0.2) is 25.2 Å². The Morgan fingerprint density at radius 2 is 1.83 bits per heavy atom. The van der Waals surface area contributed by atoms with E-state index >= 15 is 0 Å². The largest absolute Gasteiger partial charge is 0.483 e. The highest BCUT2D eigenvalue weighted by atomic mass is 16.7. The van der Waals surface area contributed by atoms with Gasteiger partial charge in [0.1, 0.15) is 5.75 Å². The van der Waals surface area contributed by atoms with E-state index < -0.39 is 6.10 Å². The van der Waals surface area contributed by atoms with Crippen molar-refractivity contribution in [2.45, 2.75) is 45.6 Å². The van der Waals surface area contributed by atoms with Gasteiger partial charge in [-0.3, -0.25) is 4.79 Å². The first-order valence-corrected chi connectivity index (χ1v) is 10.0. The molecule has 0 amide bonds. The molecule has 1 atom stereocenters. The Kier molecular flexibility index (Phi) is 4.99. The predicted molar refractivity (Wildman–Crippen MR) is 112 cm³/mol. The van der Waals surface area contributed by atoms with Gasteiger partial charge < -0.3 is 19.5 Å². The number of hydrogen-bond acceptors (Lipinski definition) is 5. The van der Waals surface area contributed by atoms with Gasteiger partial charge in [0.2, 0.25) is 6.79 Å². The first-order valence-electron chi connectivity index (χ1n) is 10.0. The van der Waals surface area contributed by atoms with Gasteiger partial charge in [-0.15, -0.1) is 0 Å². The fourth-order valence-electron chi connectivity index (χ4n) is 3.55. The number of nitrogens with one attached hydrogen (secondary N) is 1. The van der Waals surface area contributed by atoms with Gasteiger partial charge in [0.15, 0.2) is 23.4 Å². The number of fused-ring (bicyclic) bond motifs is 2. The second-order valence-corrected chi connectivity index (χ2v) is 8.53. The van der Waals surface area contributed by atoms with Gasteiger partial charge >= 0.3 is 0 Å². The van der Waals surface area contributed by atoms with Gasteiger partial charge in [-0.2, -0.15) is 0 Å². The molecule has 2 aromatic carbocycles. The summed E-state index contributed by atoms with van der Waals surface area (Å²) in [6, 6.07) is 11.9. The fourth-order valence-corrected chi connectivity index (χ4v) is 3.55. The molecular formula is C24H27NO4. The molecule has 2 aliphatic heterocycles. The lowest BCUT2D eigenvalue weighted by atomic mass is 9.87. The number of ketones is 1. The zero-order chi connectivity index (χ0) is 20.6. The Labute approximate surface area is 171 Å². The highest BCUT2D eigenvalue weighted by molar-refractivity contribution is 6.00. The maximum atomic E-state index is 12.8. The highest BCUT2D eigenvalue weighted by Gasteiger charge is 2.23. The minimum atomic E-state index is -0.579. The summed E-state index contributed by atoms with van der Waals surface area (Å²) >= 11 is 0. The molecule has 152 valence electrons. The van der Waals surface area contributed by atoms with Crippen molar-refractivity contribution in [3.63, 3.8) is 0 Å². The van der Waals surface area contributed by atoms with Crippen LogP contribution in [0, 0.1) is 0 Å². The minimum absolute atomic E-state index is 0.0827. The van der Waals surface area contributed by atoms with E-state index in [0.29, 0.717) is 11.5 Å². The Morgan fingerprint density at radius 1 is 1.14 bits per heavy atom. The van der Waals surface area contributed by atoms with Crippen molar-refractivity contribution in [1.29, 1.82) is 0 Å². The first kappa shape index (κ1) is 19.4. The third kappa shape index (κ3) is 4.09. The number of rotatable bonds is 4. The molecular weight excluding hydrogens is 366 g/mol. The van der Waals surface area contributed by atoms with Gasteiger partial charge in [0.25, 0.3) is 0 Å². The number of benzene rings is 2. The summed E-state index contributed by atoms with van der Waals surface area (Å²) in [6.07, 6.45) is 1.93. The molecule has 1 N–H and O–H groups in total. The van der Waals surface area contributed by atoms with Crippen LogP contribution in [0.3, 0.4) is 0 Å². The topological polar surface area (TPSA) is 56.8 Å². The van der Waals surface area contributed by atoms with Crippen molar-refractivity contribution < 1.29 is 19.0 Å². The molecule has 0 fully saturated rings. The van der Waals surface area contributed by atoms with Crippen LogP contribution in [0.2, 0.25) is 0 Å². The number of hydrogen-bond donors (Lipinski definition) is 1. The molecule has 0 bridgehead atoms. The third-order valence-electron chi connectivity index (χ3n) is 5.32. The number of carbonyl (C=O) groups excluding carboxylic acids is 1. The van der Waals surface area contributed by atoms with E-state index in [0.717, 1.165) is 35.5 Å². The molecule has 0 saturated heterocycles. The van der Waals surface area contributed by atoms with Crippen molar-refractivity contribution in [3.05, 3.63) is 59.2 Å². The van der Waals surface area contributed by atoms with E-state index in [9.17, 15) is 4.79 Å². The summed E-state index contributed by atoms with van der Waals surface area (Å²) in [5.74, 6) is 2.09.